The third kappa shape index (κ3) is 4.80. The molecule has 0 saturated carbocycles. The number of piperazine rings is 1. The molecule has 2 aromatic carbocycles. The van der Waals surface area contributed by atoms with Crippen molar-refractivity contribution in [3.05, 3.63) is 77.2 Å². The highest BCUT2D eigenvalue weighted by Crippen LogP contribution is 2.23. The number of oxazole rings is 1. The van der Waals surface area contributed by atoms with Gasteiger partial charge >= 0.3 is 0 Å². The topological polar surface area (TPSA) is 66.7 Å². The molecule has 1 saturated heterocycles. The van der Waals surface area contributed by atoms with Gasteiger partial charge in [-0.25, -0.2) is 13.4 Å². The minimum Gasteiger partial charge on any atom is -0.441 e. The zero-order valence-corrected chi connectivity index (χ0v) is 18.2. The first-order valence-electron chi connectivity index (χ1n) is 10.2. The quantitative estimate of drug-likeness (QED) is 0.604. The van der Waals surface area contributed by atoms with Gasteiger partial charge in [0.25, 0.3) is 0 Å². The molecule has 1 aliphatic heterocycles. The highest BCUT2D eigenvalue weighted by atomic mass is 32.2. The Kier molecular flexibility index (Phi) is 6.04. The van der Waals surface area contributed by atoms with Crippen LogP contribution in [0.3, 0.4) is 0 Å². The van der Waals surface area contributed by atoms with E-state index in [0.717, 1.165) is 22.6 Å². The number of hydrogen-bond donors (Lipinski definition) is 0. The summed E-state index contributed by atoms with van der Waals surface area (Å²) in [5.41, 5.74) is 3.89. The van der Waals surface area contributed by atoms with Crippen molar-refractivity contribution in [2.45, 2.75) is 26.1 Å². The lowest BCUT2D eigenvalue weighted by molar-refractivity contribution is 0.179. The minimum absolute atomic E-state index is 0.0517. The summed E-state index contributed by atoms with van der Waals surface area (Å²) < 4.78 is 33.0. The van der Waals surface area contributed by atoms with Crippen LogP contribution in [-0.4, -0.2) is 48.8 Å². The van der Waals surface area contributed by atoms with Crippen LogP contribution in [0.5, 0.6) is 0 Å². The monoisotopic (exact) mass is 425 g/mol. The second-order valence-electron chi connectivity index (χ2n) is 7.80. The summed E-state index contributed by atoms with van der Waals surface area (Å²) in [5, 5.41) is 0. The maximum Gasteiger partial charge on any atom is 0.226 e. The predicted octanol–water partition coefficient (Wildman–Crippen LogP) is 3.61. The van der Waals surface area contributed by atoms with Gasteiger partial charge in [0.1, 0.15) is 5.76 Å². The van der Waals surface area contributed by atoms with Gasteiger partial charge in [0.15, 0.2) is 0 Å². The standard InChI is InChI=1S/C23H27N3O3S/c1-18-8-10-21(11-9-18)23-24-22(19(2)29-23)16-25-12-14-26(15-13-25)30(27,28)17-20-6-4-3-5-7-20/h3-11H,12-17H2,1-2H3. The molecule has 0 spiro atoms. The Morgan fingerprint density at radius 3 is 2.27 bits per heavy atom. The van der Waals surface area contributed by atoms with Gasteiger partial charge in [0, 0.05) is 38.3 Å². The van der Waals surface area contributed by atoms with Gasteiger partial charge in [-0.2, -0.15) is 4.31 Å². The summed E-state index contributed by atoms with van der Waals surface area (Å²) in [7, 11) is -3.30. The number of sulfonamides is 1. The van der Waals surface area contributed by atoms with E-state index in [2.05, 4.69) is 16.8 Å². The zero-order valence-electron chi connectivity index (χ0n) is 17.4. The maximum absolute atomic E-state index is 12.7. The fourth-order valence-corrected chi connectivity index (χ4v) is 5.16. The number of nitrogens with zero attached hydrogens (tertiary/aromatic N) is 3. The molecule has 1 fully saturated rings. The summed E-state index contributed by atoms with van der Waals surface area (Å²) in [6.45, 7) is 7.00. The van der Waals surface area contributed by atoms with Crippen molar-refractivity contribution in [2.75, 3.05) is 26.2 Å². The largest absolute Gasteiger partial charge is 0.441 e. The number of hydrogen-bond acceptors (Lipinski definition) is 5. The van der Waals surface area contributed by atoms with Gasteiger partial charge < -0.3 is 4.42 Å². The Bertz CT molecular complexity index is 1080. The summed E-state index contributed by atoms with van der Waals surface area (Å²) in [6, 6.07) is 17.5. The average Bonchev–Trinajstić information content (AvgIpc) is 3.09. The van der Waals surface area contributed by atoms with Crippen LogP contribution in [0.25, 0.3) is 11.5 Å². The SMILES string of the molecule is Cc1ccc(-c2nc(CN3CCN(S(=O)(=O)Cc4ccccc4)CC3)c(C)o2)cc1. The first-order chi connectivity index (χ1) is 14.4. The molecule has 30 heavy (non-hydrogen) atoms. The molecule has 0 bridgehead atoms. The Hall–Kier alpha value is -2.48. The van der Waals surface area contributed by atoms with Crippen molar-refractivity contribution in [1.82, 2.24) is 14.2 Å². The molecular formula is C23H27N3O3S. The summed E-state index contributed by atoms with van der Waals surface area (Å²) in [4.78, 5) is 6.92. The molecule has 1 aliphatic rings. The van der Waals surface area contributed by atoms with Crippen LogP contribution in [-0.2, 0) is 22.3 Å². The molecule has 0 radical (unpaired) electrons. The molecule has 3 aromatic rings. The average molecular weight is 426 g/mol. The third-order valence-electron chi connectivity index (χ3n) is 5.48. The highest BCUT2D eigenvalue weighted by molar-refractivity contribution is 7.88. The Labute approximate surface area is 178 Å². The van der Waals surface area contributed by atoms with Crippen LogP contribution in [0.15, 0.2) is 59.0 Å². The molecule has 0 unspecified atom stereocenters. The van der Waals surface area contributed by atoms with Gasteiger partial charge in [-0.3, -0.25) is 4.90 Å². The predicted molar refractivity (Wildman–Crippen MR) is 117 cm³/mol. The van der Waals surface area contributed by atoms with Crippen LogP contribution in [0.4, 0.5) is 0 Å². The molecule has 2 heterocycles. The van der Waals surface area contributed by atoms with Gasteiger partial charge in [-0.05, 0) is 31.5 Å². The number of benzene rings is 2. The van der Waals surface area contributed by atoms with E-state index in [9.17, 15) is 8.42 Å². The Balaban J connectivity index is 1.36. The van der Waals surface area contributed by atoms with Crippen molar-refractivity contribution in [3.8, 4) is 11.5 Å². The maximum atomic E-state index is 12.7. The lowest BCUT2D eigenvalue weighted by Gasteiger charge is -2.33. The molecule has 0 aliphatic carbocycles. The van der Waals surface area contributed by atoms with Crippen molar-refractivity contribution in [3.63, 3.8) is 0 Å². The first kappa shape index (κ1) is 20.8. The summed E-state index contributed by atoms with van der Waals surface area (Å²) >= 11 is 0. The van der Waals surface area contributed by atoms with E-state index in [1.165, 1.54) is 5.56 Å². The summed E-state index contributed by atoms with van der Waals surface area (Å²) in [5.74, 6) is 1.49. The van der Waals surface area contributed by atoms with E-state index in [0.29, 0.717) is 38.6 Å². The molecule has 0 N–H and O–H groups in total. The van der Waals surface area contributed by atoms with Crippen LogP contribution >= 0.6 is 0 Å². The first-order valence-corrected chi connectivity index (χ1v) is 11.8. The van der Waals surface area contributed by atoms with Crippen molar-refractivity contribution < 1.29 is 12.8 Å². The second-order valence-corrected chi connectivity index (χ2v) is 9.77. The smallest absolute Gasteiger partial charge is 0.226 e. The number of aromatic nitrogens is 1. The molecule has 0 amide bonds. The highest BCUT2D eigenvalue weighted by Gasteiger charge is 2.27. The van der Waals surface area contributed by atoms with E-state index in [1.54, 1.807) is 4.31 Å². The number of aryl methyl sites for hydroxylation is 2. The Morgan fingerprint density at radius 1 is 0.933 bits per heavy atom. The van der Waals surface area contributed by atoms with Crippen LogP contribution in [0, 0.1) is 13.8 Å². The molecular weight excluding hydrogens is 398 g/mol. The molecule has 4 rings (SSSR count). The fourth-order valence-electron chi connectivity index (χ4n) is 3.65. The zero-order chi connectivity index (χ0) is 21.1. The molecule has 7 heteroatoms. The third-order valence-corrected chi connectivity index (χ3v) is 7.33. The lowest BCUT2D eigenvalue weighted by atomic mass is 10.1. The van der Waals surface area contributed by atoms with E-state index < -0.39 is 10.0 Å². The minimum atomic E-state index is -3.30. The van der Waals surface area contributed by atoms with Gasteiger partial charge in [0.05, 0.1) is 11.4 Å². The van der Waals surface area contributed by atoms with E-state index >= 15 is 0 Å². The van der Waals surface area contributed by atoms with Gasteiger partial charge in [-0.1, -0.05) is 48.0 Å². The van der Waals surface area contributed by atoms with Gasteiger partial charge in [0.2, 0.25) is 15.9 Å². The lowest BCUT2D eigenvalue weighted by Crippen LogP contribution is -2.48. The Morgan fingerprint density at radius 2 is 1.60 bits per heavy atom. The molecule has 6 nitrogen and oxygen atoms in total. The molecule has 158 valence electrons. The van der Waals surface area contributed by atoms with Crippen molar-refractivity contribution >= 4 is 10.0 Å². The summed E-state index contributed by atoms with van der Waals surface area (Å²) in [6.07, 6.45) is 0. The van der Waals surface area contributed by atoms with E-state index in [-0.39, 0.29) is 5.75 Å². The van der Waals surface area contributed by atoms with Crippen molar-refractivity contribution in [1.29, 1.82) is 0 Å². The number of rotatable bonds is 6. The van der Waals surface area contributed by atoms with E-state index in [4.69, 9.17) is 4.42 Å². The molecule has 1 aromatic heterocycles. The van der Waals surface area contributed by atoms with Crippen LogP contribution in [0.1, 0.15) is 22.6 Å². The van der Waals surface area contributed by atoms with Crippen LogP contribution < -0.4 is 0 Å². The fraction of sp³-hybridized carbons (Fsp3) is 0.348. The van der Waals surface area contributed by atoms with E-state index in [1.807, 2.05) is 61.5 Å². The normalized spacial score (nSPS) is 16.1. The van der Waals surface area contributed by atoms with Gasteiger partial charge in [-0.15, -0.1) is 0 Å². The second kappa shape index (κ2) is 8.71. The molecule has 0 atom stereocenters. The van der Waals surface area contributed by atoms with Crippen molar-refractivity contribution in [2.24, 2.45) is 0 Å². The van der Waals surface area contributed by atoms with Crippen LogP contribution in [0.2, 0.25) is 0 Å².